The van der Waals surface area contributed by atoms with Gasteiger partial charge in [0.15, 0.2) is 0 Å². The highest BCUT2D eigenvalue weighted by Crippen LogP contribution is 2.47. The Bertz CT molecular complexity index is 577. The second kappa shape index (κ2) is 5.59. The molecule has 0 aliphatic heterocycles. The van der Waals surface area contributed by atoms with E-state index in [9.17, 15) is 8.78 Å². The number of halogens is 2. The summed E-state index contributed by atoms with van der Waals surface area (Å²) in [5.74, 6) is 0.169. The maximum absolute atomic E-state index is 14.4. The molecule has 0 heterocycles. The van der Waals surface area contributed by atoms with Crippen LogP contribution in [0.3, 0.4) is 0 Å². The maximum atomic E-state index is 14.4. The smallest absolute Gasteiger partial charge is 0.127 e. The van der Waals surface area contributed by atoms with Crippen LogP contribution in [0.4, 0.5) is 8.78 Å². The van der Waals surface area contributed by atoms with E-state index in [2.05, 4.69) is 6.92 Å². The van der Waals surface area contributed by atoms with Crippen LogP contribution in [-0.4, -0.2) is 0 Å². The summed E-state index contributed by atoms with van der Waals surface area (Å²) in [7, 11) is 0. The van der Waals surface area contributed by atoms with Gasteiger partial charge < -0.3 is 0 Å². The number of rotatable bonds is 2. The molecule has 1 fully saturated rings. The first-order valence-electron chi connectivity index (χ1n) is 7.63. The Balaban J connectivity index is 2.17. The predicted molar refractivity (Wildman–Crippen MR) is 81.2 cm³/mol. The lowest BCUT2D eigenvalue weighted by Crippen LogP contribution is -2.34. The van der Waals surface area contributed by atoms with Crippen LogP contribution in [0.5, 0.6) is 0 Å². The van der Waals surface area contributed by atoms with Crippen LogP contribution in [0.15, 0.2) is 48.5 Å². The van der Waals surface area contributed by atoms with Crippen LogP contribution in [0.25, 0.3) is 0 Å². The van der Waals surface area contributed by atoms with Crippen LogP contribution >= 0.6 is 0 Å². The molecule has 21 heavy (non-hydrogen) atoms. The van der Waals surface area contributed by atoms with Crippen molar-refractivity contribution in [2.24, 2.45) is 5.92 Å². The monoisotopic (exact) mass is 286 g/mol. The van der Waals surface area contributed by atoms with E-state index in [4.69, 9.17) is 0 Å². The molecule has 2 heteroatoms. The summed E-state index contributed by atoms with van der Waals surface area (Å²) in [6, 6.07) is 13.7. The number of hydrogen-bond acceptors (Lipinski definition) is 0. The molecule has 0 nitrogen and oxygen atoms in total. The zero-order valence-corrected chi connectivity index (χ0v) is 12.3. The van der Waals surface area contributed by atoms with Crippen LogP contribution < -0.4 is 0 Å². The summed E-state index contributed by atoms with van der Waals surface area (Å²) < 4.78 is 28.8. The first-order chi connectivity index (χ1) is 10.1. The average molecular weight is 286 g/mol. The summed E-state index contributed by atoms with van der Waals surface area (Å²) in [5, 5.41) is 0. The standard InChI is InChI=1S/C19H20F2/c1-14-10-12-19(13-11-14,15-6-2-4-8-17(15)20)16-7-3-5-9-18(16)21/h2-9,14H,10-13H2,1H3. The van der Waals surface area contributed by atoms with Crippen molar-refractivity contribution in [2.75, 3.05) is 0 Å². The van der Waals surface area contributed by atoms with Crippen molar-refractivity contribution in [1.29, 1.82) is 0 Å². The fourth-order valence-electron chi connectivity index (χ4n) is 3.64. The van der Waals surface area contributed by atoms with Gasteiger partial charge in [-0.05, 0) is 54.9 Å². The molecule has 0 aromatic heterocycles. The molecule has 0 saturated heterocycles. The maximum Gasteiger partial charge on any atom is 0.127 e. The second-order valence-corrected chi connectivity index (χ2v) is 6.22. The van der Waals surface area contributed by atoms with Gasteiger partial charge in [-0.1, -0.05) is 43.3 Å². The van der Waals surface area contributed by atoms with E-state index >= 15 is 0 Å². The second-order valence-electron chi connectivity index (χ2n) is 6.22. The SMILES string of the molecule is CC1CCC(c2ccccc2F)(c2ccccc2F)CC1. The van der Waals surface area contributed by atoms with Gasteiger partial charge in [-0.2, -0.15) is 0 Å². The van der Waals surface area contributed by atoms with Crippen molar-refractivity contribution in [3.63, 3.8) is 0 Å². The largest absolute Gasteiger partial charge is 0.207 e. The van der Waals surface area contributed by atoms with E-state index in [-0.39, 0.29) is 11.6 Å². The van der Waals surface area contributed by atoms with E-state index in [0.717, 1.165) is 25.7 Å². The Morgan fingerprint density at radius 1 is 0.810 bits per heavy atom. The van der Waals surface area contributed by atoms with Gasteiger partial charge >= 0.3 is 0 Å². The Morgan fingerprint density at radius 3 is 1.67 bits per heavy atom. The van der Waals surface area contributed by atoms with Crippen LogP contribution in [0, 0.1) is 17.6 Å². The molecule has 0 amide bonds. The number of benzene rings is 2. The van der Waals surface area contributed by atoms with Crippen molar-refractivity contribution >= 4 is 0 Å². The molecule has 1 aliphatic rings. The van der Waals surface area contributed by atoms with E-state index in [1.807, 2.05) is 24.3 Å². The van der Waals surface area contributed by atoms with Gasteiger partial charge in [0.2, 0.25) is 0 Å². The Hall–Kier alpha value is -1.70. The first-order valence-corrected chi connectivity index (χ1v) is 7.63. The van der Waals surface area contributed by atoms with Gasteiger partial charge in [0.1, 0.15) is 11.6 Å². The molecule has 0 radical (unpaired) electrons. The Kier molecular flexibility index (Phi) is 3.79. The van der Waals surface area contributed by atoms with E-state index in [1.165, 1.54) is 12.1 Å². The van der Waals surface area contributed by atoms with Crippen molar-refractivity contribution in [2.45, 2.75) is 38.0 Å². The van der Waals surface area contributed by atoms with E-state index < -0.39 is 5.41 Å². The highest BCUT2D eigenvalue weighted by atomic mass is 19.1. The molecule has 0 spiro atoms. The number of hydrogen-bond donors (Lipinski definition) is 0. The summed E-state index contributed by atoms with van der Waals surface area (Å²) in [6.07, 6.45) is 3.61. The van der Waals surface area contributed by atoms with Crippen molar-refractivity contribution < 1.29 is 8.78 Å². The summed E-state index contributed by atoms with van der Waals surface area (Å²) in [4.78, 5) is 0. The van der Waals surface area contributed by atoms with Gasteiger partial charge in [-0.15, -0.1) is 0 Å². The minimum absolute atomic E-state index is 0.227. The topological polar surface area (TPSA) is 0 Å². The molecule has 0 bridgehead atoms. The zero-order valence-electron chi connectivity index (χ0n) is 12.3. The van der Waals surface area contributed by atoms with Gasteiger partial charge in [-0.25, -0.2) is 8.78 Å². The highest BCUT2D eigenvalue weighted by molar-refractivity contribution is 5.41. The van der Waals surface area contributed by atoms with E-state index in [0.29, 0.717) is 17.0 Å². The lowest BCUT2D eigenvalue weighted by Gasteiger charge is -2.40. The third-order valence-electron chi connectivity index (χ3n) is 4.91. The third kappa shape index (κ3) is 2.48. The predicted octanol–water partition coefficient (Wildman–Crippen LogP) is 5.46. The van der Waals surface area contributed by atoms with Crippen molar-refractivity contribution in [1.82, 2.24) is 0 Å². The molecule has 3 rings (SSSR count). The first kappa shape index (κ1) is 14.2. The minimum atomic E-state index is -0.525. The lowest BCUT2D eigenvalue weighted by molar-refractivity contribution is 0.268. The van der Waals surface area contributed by atoms with Crippen LogP contribution in [0.1, 0.15) is 43.7 Å². The normalized spacial score (nSPS) is 18.6. The quantitative estimate of drug-likeness (QED) is 0.687. The minimum Gasteiger partial charge on any atom is -0.207 e. The lowest BCUT2D eigenvalue weighted by atomic mass is 9.63. The highest BCUT2D eigenvalue weighted by Gasteiger charge is 2.40. The van der Waals surface area contributed by atoms with E-state index in [1.54, 1.807) is 12.1 Å². The molecule has 1 saturated carbocycles. The summed E-state index contributed by atoms with van der Waals surface area (Å²) in [5.41, 5.74) is 0.757. The molecule has 110 valence electrons. The van der Waals surface area contributed by atoms with Gasteiger partial charge in [0.05, 0.1) is 0 Å². The Labute approximate surface area is 124 Å². The Morgan fingerprint density at radius 2 is 1.24 bits per heavy atom. The summed E-state index contributed by atoms with van der Waals surface area (Å²) in [6.45, 7) is 2.21. The fraction of sp³-hybridized carbons (Fsp3) is 0.368. The molecule has 0 unspecified atom stereocenters. The third-order valence-corrected chi connectivity index (χ3v) is 4.91. The van der Waals surface area contributed by atoms with Crippen LogP contribution in [-0.2, 0) is 5.41 Å². The molecular weight excluding hydrogens is 266 g/mol. The van der Waals surface area contributed by atoms with Crippen molar-refractivity contribution in [3.05, 3.63) is 71.3 Å². The van der Waals surface area contributed by atoms with Gasteiger partial charge in [0, 0.05) is 5.41 Å². The molecule has 2 aromatic rings. The van der Waals surface area contributed by atoms with Crippen molar-refractivity contribution in [3.8, 4) is 0 Å². The average Bonchev–Trinajstić information content (AvgIpc) is 2.50. The molecule has 1 aliphatic carbocycles. The zero-order chi connectivity index (χ0) is 14.9. The van der Waals surface area contributed by atoms with Gasteiger partial charge in [0.25, 0.3) is 0 Å². The summed E-state index contributed by atoms with van der Waals surface area (Å²) >= 11 is 0. The fourth-order valence-corrected chi connectivity index (χ4v) is 3.64. The molecule has 0 atom stereocenters. The van der Waals surface area contributed by atoms with Crippen LogP contribution in [0.2, 0.25) is 0 Å². The molecule has 0 N–H and O–H groups in total. The molecular formula is C19H20F2. The molecule has 2 aromatic carbocycles. The van der Waals surface area contributed by atoms with Gasteiger partial charge in [-0.3, -0.25) is 0 Å².